The van der Waals surface area contributed by atoms with Gasteiger partial charge >= 0.3 is 103 Å². The van der Waals surface area contributed by atoms with Crippen molar-refractivity contribution in [3.05, 3.63) is 45.5 Å². The van der Waals surface area contributed by atoms with E-state index in [1.165, 1.54) is 12.1 Å². The zero-order valence-corrected chi connectivity index (χ0v) is 17.3. The Balaban J connectivity index is 0.00000162. The van der Waals surface area contributed by atoms with Crippen molar-refractivity contribution >= 4 is 27.7 Å². The summed E-state index contributed by atoms with van der Waals surface area (Å²) < 4.78 is 32.7. The van der Waals surface area contributed by atoms with Crippen LogP contribution < -0.4 is 103 Å². The molecule has 0 aliphatic heterocycles. The van der Waals surface area contributed by atoms with Crippen LogP contribution in [0.3, 0.4) is 0 Å². The summed E-state index contributed by atoms with van der Waals surface area (Å²) >= 11 is 0. The fourth-order valence-corrected chi connectivity index (χ4v) is 2.19. The number of carbonyl (C=O) groups is 1. The van der Waals surface area contributed by atoms with Crippen molar-refractivity contribution in [1.29, 1.82) is 0 Å². The Morgan fingerprint density at radius 2 is 1.68 bits per heavy atom. The maximum atomic E-state index is 11.7. The second-order valence-electron chi connectivity index (χ2n) is 3.32. The number of carbonyl (C=O) groups excluding carboxylic acids is 1. The normalized spacial score (nSPS) is 15.9. The topological polar surface area (TPSA) is 110 Å². The van der Waals surface area contributed by atoms with Gasteiger partial charge in [0.25, 0.3) is 0 Å². The summed E-state index contributed by atoms with van der Waals surface area (Å²) in [6.07, 6.45) is 0.982. The third-order valence-electron chi connectivity index (χ3n) is 2.30. The largest absolute Gasteiger partial charge is 1.00 e. The monoisotopic (exact) mass is 329 g/mol. The minimum atomic E-state index is -4.90. The molecule has 1 aliphatic carbocycles. The van der Waals surface area contributed by atoms with Gasteiger partial charge in [-0.05, 0) is 11.6 Å². The molecule has 2 rings (SSSR count). The second kappa shape index (κ2) is 8.06. The van der Waals surface area contributed by atoms with Crippen LogP contribution in [-0.4, -0.2) is 24.5 Å². The molecule has 19 heavy (non-hydrogen) atoms. The van der Waals surface area contributed by atoms with Gasteiger partial charge in [0.2, 0.25) is 5.78 Å². The van der Waals surface area contributed by atoms with E-state index in [2.05, 4.69) is 5.16 Å². The van der Waals surface area contributed by atoms with E-state index < -0.39 is 26.5 Å². The molecule has 1 aliphatic rings. The minimum absolute atomic E-state index is 0. The predicted molar refractivity (Wildman–Crippen MR) is 59.2 cm³/mol. The van der Waals surface area contributed by atoms with Crippen LogP contribution in [0.4, 0.5) is 0 Å². The summed E-state index contributed by atoms with van der Waals surface area (Å²) in [6, 6.07) is 6.04. The molecule has 0 saturated carbocycles. The van der Waals surface area contributed by atoms with Crippen LogP contribution in [0.1, 0.15) is 15.9 Å². The van der Waals surface area contributed by atoms with Crippen molar-refractivity contribution in [3.8, 4) is 0 Å². The van der Waals surface area contributed by atoms with Gasteiger partial charge in [-0.3, -0.25) is 4.79 Å². The SMILES string of the molecule is O=C1/C(=N\[O-])C(S(=O)(=O)[O-])=Cc2ccccc21.[K+].[K+]. The Hall–Kier alpha value is 1.28. The molecular formula is C10H5K2NO5S. The first-order valence-corrected chi connectivity index (χ1v) is 5.88. The summed E-state index contributed by atoms with van der Waals surface area (Å²) in [7, 11) is -4.90. The zero-order valence-electron chi connectivity index (χ0n) is 10.3. The van der Waals surface area contributed by atoms with E-state index in [1.807, 2.05) is 0 Å². The van der Waals surface area contributed by atoms with Crippen LogP contribution in [0.5, 0.6) is 0 Å². The Morgan fingerprint density at radius 1 is 1.11 bits per heavy atom. The average molecular weight is 329 g/mol. The zero-order chi connectivity index (χ0) is 12.6. The maximum Gasteiger partial charge on any atom is 1.00 e. The van der Waals surface area contributed by atoms with Gasteiger partial charge in [0.15, 0.2) is 0 Å². The second-order valence-corrected chi connectivity index (χ2v) is 4.67. The Bertz CT molecular complexity index is 666. The maximum absolute atomic E-state index is 11.7. The van der Waals surface area contributed by atoms with E-state index in [9.17, 15) is 23.0 Å². The third-order valence-corrected chi connectivity index (χ3v) is 3.15. The molecule has 0 fully saturated rings. The van der Waals surface area contributed by atoms with Crippen LogP contribution in [-0.2, 0) is 10.1 Å². The van der Waals surface area contributed by atoms with Gasteiger partial charge in [0.1, 0.15) is 15.8 Å². The fraction of sp³-hybridized carbons (Fsp3) is 0. The quantitative estimate of drug-likeness (QED) is 0.290. The summed E-state index contributed by atoms with van der Waals surface area (Å²) in [4.78, 5) is 10.9. The number of ketones is 1. The number of benzene rings is 1. The van der Waals surface area contributed by atoms with Crippen molar-refractivity contribution < 1.29 is 121 Å². The molecule has 1 aromatic carbocycles. The third kappa shape index (κ3) is 4.38. The standard InChI is InChI=1S/C10H7NO5S.2K/c12-10-7-4-2-1-3-6(7)5-8(9(10)11-13)17(14,15)16;;/h1-5,13H,(H,14,15,16);;/q;2*+1/p-2/b11-9-;;. The molecule has 0 amide bonds. The molecule has 0 spiro atoms. The van der Waals surface area contributed by atoms with Gasteiger partial charge in [-0.25, -0.2) is 8.42 Å². The Kier molecular flexibility index (Phi) is 8.60. The summed E-state index contributed by atoms with van der Waals surface area (Å²) in [5, 5.41) is 12.8. The first-order valence-electron chi connectivity index (χ1n) is 4.47. The van der Waals surface area contributed by atoms with Gasteiger partial charge in [-0.1, -0.05) is 24.3 Å². The molecule has 0 saturated heterocycles. The first-order chi connectivity index (χ1) is 7.95. The molecule has 0 aromatic heterocycles. The van der Waals surface area contributed by atoms with Gasteiger partial charge < -0.3 is 14.9 Å². The number of allylic oxidation sites excluding steroid dienone is 1. The summed E-state index contributed by atoms with van der Waals surface area (Å²) in [6.45, 7) is 0. The molecule has 9 heteroatoms. The van der Waals surface area contributed by atoms with Crippen LogP contribution in [0.15, 0.2) is 34.3 Å². The number of nitrogens with zero attached hydrogens (tertiary/aromatic N) is 1. The van der Waals surface area contributed by atoms with Crippen LogP contribution in [0.2, 0.25) is 0 Å². The smallest absolute Gasteiger partial charge is 0.791 e. The van der Waals surface area contributed by atoms with Crippen LogP contribution >= 0.6 is 0 Å². The van der Waals surface area contributed by atoms with Crippen molar-refractivity contribution in [2.75, 3.05) is 0 Å². The molecule has 88 valence electrons. The fourth-order valence-electron chi connectivity index (χ4n) is 1.56. The Labute approximate surface area is 194 Å². The molecular weight excluding hydrogens is 324 g/mol. The van der Waals surface area contributed by atoms with Crippen molar-refractivity contribution in [3.63, 3.8) is 0 Å². The molecule has 1 aromatic rings. The van der Waals surface area contributed by atoms with Crippen LogP contribution in [0.25, 0.3) is 6.08 Å². The average Bonchev–Trinajstić information content (AvgIpc) is 2.28. The molecule has 0 bridgehead atoms. The molecule has 0 heterocycles. The molecule has 6 nitrogen and oxygen atoms in total. The van der Waals surface area contributed by atoms with Gasteiger partial charge in [0, 0.05) is 5.56 Å². The number of fused-ring (bicyclic) bond motifs is 1. The number of hydrogen-bond donors (Lipinski definition) is 0. The van der Waals surface area contributed by atoms with E-state index in [-0.39, 0.29) is 114 Å². The van der Waals surface area contributed by atoms with E-state index in [4.69, 9.17) is 0 Å². The molecule has 0 unspecified atom stereocenters. The predicted octanol–water partition coefficient (Wildman–Crippen LogP) is -5.28. The van der Waals surface area contributed by atoms with E-state index in [0.717, 1.165) is 6.08 Å². The Morgan fingerprint density at radius 3 is 2.21 bits per heavy atom. The van der Waals surface area contributed by atoms with E-state index in [0.29, 0.717) is 0 Å². The summed E-state index contributed by atoms with van der Waals surface area (Å²) in [5.41, 5.74) is -0.437. The van der Waals surface area contributed by atoms with Crippen molar-refractivity contribution in [2.24, 2.45) is 5.16 Å². The van der Waals surface area contributed by atoms with Gasteiger partial charge in [-0.15, -0.1) is 0 Å². The van der Waals surface area contributed by atoms with E-state index in [1.54, 1.807) is 12.1 Å². The van der Waals surface area contributed by atoms with E-state index >= 15 is 0 Å². The van der Waals surface area contributed by atoms with Crippen molar-refractivity contribution in [2.45, 2.75) is 0 Å². The van der Waals surface area contributed by atoms with Crippen molar-refractivity contribution in [1.82, 2.24) is 0 Å². The number of Topliss-reactive ketones (excluding diaryl/α,β-unsaturated/α-hetero) is 1. The first kappa shape index (κ1) is 20.3. The number of rotatable bonds is 1. The van der Waals surface area contributed by atoms with Gasteiger partial charge in [-0.2, -0.15) is 0 Å². The van der Waals surface area contributed by atoms with Gasteiger partial charge in [0.05, 0.1) is 4.91 Å². The molecule has 0 radical (unpaired) electrons. The summed E-state index contributed by atoms with van der Waals surface area (Å²) in [5.74, 6) is -0.854. The number of hydrogen-bond acceptors (Lipinski definition) is 6. The molecule has 0 N–H and O–H groups in total. The minimum Gasteiger partial charge on any atom is -0.791 e. The van der Waals surface area contributed by atoms with Crippen LogP contribution in [0, 0.1) is 5.21 Å². The molecule has 0 atom stereocenters.